The van der Waals surface area contributed by atoms with Crippen LogP contribution in [0.25, 0.3) is 0 Å². The number of amides is 2. The molecule has 9 heteroatoms. The van der Waals surface area contributed by atoms with Crippen molar-refractivity contribution < 1.29 is 32.3 Å². The second kappa shape index (κ2) is 8.53. The van der Waals surface area contributed by atoms with E-state index in [0.29, 0.717) is 17.7 Å². The van der Waals surface area contributed by atoms with E-state index in [1.807, 2.05) is 6.92 Å². The van der Waals surface area contributed by atoms with E-state index in [9.17, 15) is 27.6 Å². The SMILES string of the molecule is CCCCOC(=O)[C@](C)(CC)NC(=O)[C@@H]1CCCN1C(=O)C(F)(F)F. The summed E-state index contributed by atoms with van der Waals surface area (Å²) in [6.07, 6.45) is -2.89. The molecule has 1 fully saturated rings. The van der Waals surface area contributed by atoms with Gasteiger partial charge in [0.05, 0.1) is 6.61 Å². The molecule has 0 bridgehead atoms. The number of carbonyl (C=O) groups excluding carboxylic acids is 3. The first-order chi connectivity index (χ1) is 11.6. The van der Waals surface area contributed by atoms with Crippen LogP contribution < -0.4 is 5.32 Å². The minimum atomic E-state index is -5.03. The molecule has 1 rings (SSSR count). The molecule has 1 aliphatic rings. The highest BCUT2D eigenvalue weighted by molar-refractivity contribution is 5.93. The third-order valence-corrected chi connectivity index (χ3v) is 4.35. The first-order valence-electron chi connectivity index (χ1n) is 8.43. The van der Waals surface area contributed by atoms with Gasteiger partial charge in [-0.2, -0.15) is 13.2 Å². The van der Waals surface area contributed by atoms with E-state index in [2.05, 4.69) is 5.32 Å². The Balaban J connectivity index is 2.80. The Bertz CT molecular complexity index is 510. The van der Waals surface area contributed by atoms with Gasteiger partial charge in [0.1, 0.15) is 11.6 Å². The molecule has 1 heterocycles. The Hall–Kier alpha value is -1.80. The van der Waals surface area contributed by atoms with Gasteiger partial charge in [-0.05, 0) is 32.6 Å². The third kappa shape index (κ3) is 5.34. The zero-order chi connectivity index (χ0) is 19.3. The van der Waals surface area contributed by atoms with Crippen LogP contribution in [0.2, 0.25) is 0 Å². The average Bonchev–Trinajstić information content (AvgIpc) is 3.02. The van der Waals surface area contributed by atoms with Gasteiger partial charge in [-0.1, -0.05) is 20.3 Å². The molecule has 0 radical (unpaired) electrons. The van der Waals surface area contributed by atoms with Gasteiger partial charge in [0.25, 0.3) is 0 Å². The fourth-order valence-electron chi connectivity index (χ4n) is 2.55. The van der Waals surface area contributed by atoms with Crippen LogP contribution in [0.15, 0.2) is 0 Å². The Morgan fingerprint density at radius 1 is 1.24 bits per heavy atom. The maximum atomic E-state index is 12.6. The van der Waals surface area contributed by atoms with Crippen LogP contribution >= 0.6 is 0 Å². The molecule has 0 aromatic carbocycles. The van der Waals surface area contributed by atoms with Crippen molar-refractivity contribution in [2.75, 3.05) is 13.2 Å². The lowest BCUT2D eigenvalue weighted by Crippen LogP contribution is -2.58. The molecule has 1 aliphatic heterocycles. The summed E-state index contributed by atoms with van der Waals surface area (Å²) in [7, 11) is 0. The lowest BCUT2D eigenvalue weighted by Gasteiger charge is -2.31. The summed E-state index contributed by atoms with van der Waals surface area (Å²) in [6.45, 7) is 5.13. The van der Waals surface area contributed by atoms with Crippen molar-refractivity contribution in [3.8, 4) is 0 Å². The van der Waals surface area contributed by atoms with Crippen LogP contribution in [0.5, 0.6) is 0 Å². The highest BCUT2D eigenvalue weighted by atomic mass is 19.4. The van der Waals surface area contributed by atoms with E-state index in [0.717, 1.165) is 6.42 Å². The maximum Gasteiger partial charge on any atom is 0.471 e. The van der Waals surface area contributed by atoms with Gasteiger partial charge in [0, 0.05) is 6.54 Å². The van der Waals surface area contributed by atoms with E-state index in [1.165, 1.54) is 6.92 Å². The number of rotatable bonds is 7. The second-order valence-electron chi connectivity index (χ2n) is 6.32. The summed E-state index contributed by atoms with van der Waals surface area (Å²) in [5.74, 6) is -3.44. The molecule has 0 unspecified atom stereocenters. The molecule has 25 heavy (non-hydrogen) atoms. The smallest absolute Gasteiger partial charge is 0.464 e. The number of hydrogen-bond donors (Lipinski definition) is 1. The van der Waals surface area contributed by atoms with Gasteiger partial charge in [-0.15, -0.1) is 0 Å². The van der Waals surface area contributed by atoms with Crippen molar-refractivity contribution in [2.24, 2.45) is 0 Å². The second-order valence-corrected chi connectivity index (χ2v) is 6.32. The Morgan fingerprint density at radius 3 is 2.40 bits per heavy atom. The molecule has 0 aromatic heterocycles. The molecule has 2 amide bonds. The largest absolute Gasteiger partial charge is 0.471 e. The molecule has 1 saturated heterocycles. The maximum absolute atomic E-state index is 12.6. The Morgan fingerprint density at radius 2 is 1.88 bits per heavy atom. The number of nitrogens with one attached hydrogen (secondary N) is 1. The third-order valence-electron chi connectivity index (χ3n) is 4.35. The molecule has 0 aliphatic carbocycles. The molecule has 144 valence electrons. The number of ether oxygens (including phenoxy) is 1. The normalized spacial score (nSPS) is 20.1. The number of halogens is 3. The molecular weight excluding hydrogens is 341 g/mol. The van der Waals surface area contributed by atoms with Gasteiger partial charge in [-0.25, -0.2) is 4.79 Å². The highest BCUT2D eigenvalue weighted by Crippen LogP contribution is 2.26. The van der Waals surface area contributed by atoms with Crippen LogP contribution in [0.3, 0.4) is 0 Å². The predicted octanol–water partition coefficient (Wildman–Crippen LogP) is 2.17. The summed E-state index contributed by atoms with van der Waals surface area (Å²) < 4.78 is 43.1. The minimum Gasteiger partial charge on any atom is -0.464 e. The van der Waals surface area contributed by atoms with Crippen LogP contribution in [0, 0.1) is 0 Å². The number of nitrogens with zero attached hydrogens (tertiary/aromatic N) is 1. The summed E-state index contributed by atoms with van der Waals surface area (Å²) >= 11 is 0. The lowest BCUT2D eigenvalue weighted by atomic mass is 9.98. The van der Waals surface area contributed by atoms with Crippen LogP contribution in [0.4, 0.5) is 13.2 Å². The zero-order valence-electron chi connectivity index (χ0n) is 14.7. The van der Waals surface area contributed by atoms with Gasteiger partial charge in [0.2, 0.25) is 5.91 Å². The fraction of sp³-hybridized carbons (Fsp3) is 0.812. The van der Waals surface area contributed by atoms with Gasteiger partial charge in [-0.3, -0.25) is 9.59 Å². The Labute approximate surface area is 145 Å². The molecule has 0 aromatic rings. The summed E-state index contributed by atoms with van der Waals surface area (Å²) in [5, 5.41) is 2.47. The van der Waals surface area contributed by atoms with Crippen molar-refractivity contribution in [1.82, 2.24) is 10.2 Å². The van der Waals surface area contributed by atoms with Crippen molar-refractivity contribution in [3.63, 3.8) is 0 Å². The molecule has 6 nitrogen and oxygen atoms in total. The molecular formula is C16H25F3N2O4. The fourth-order valence-corrected chi connectivity index (χ4v) is 2.55. The minimum absolute atomic E-state index is 0.123. The van der Waals surface area contributed by atoms with Crippen LogP contribution in [0.1, 0.15) is 52.9 Å². The average molecular weight is 366 g/mol. The van der Waals surface area contributed by atoms with E-state index >= 15 is 0 Å². The molecule has 0 saturated carbocycles. The topological polar surface area (TPSA) is 75.7 Å². The van der Waals surface area contributed by atoms with Crippen LogP contribution in [-0.2, 0) is 19.1 Å². The molecule has 1 N–H and O–H groups in total. The van der Waals surface area contributed by atoms with E-state index in [-0.39, 0.29) is 26.0 Å². The summed E-state index contributed by atoms with van der Waals surface area (Å²) in [6, 6.07) is -1.23. The molecule has 2 atom stereocenters. The van der Waals surface area contributed by atoms with Crippen molar-refractivity contribution in [2.45, 2.75) is 70.6 Å². The van der Waals surface area contributed by atoms with E-state index in [4.69, 9.17) is 4.74 Å². The molecule has 0 spiro atoms. The van der Waals surface area contributed by atoms with Gasteiger partial charge in [0.15, 0.2) is 0 Å². The number of alkyl halides is 3. The highest BCUT2D eigenvalue weighted by Gasteiger charge is 2.48. The summed E-state index contributed by atoms with van der Waals surface area (Å²) in [5.41, 5.74) is -1.35. The van der Waals surface area contributed by atoms with Gasteiger partial charge >= 0.3 is 18.1 Å². The Kier molecular flexibility index (Phi) is 7.25. The van der Waals surface area contributed by atoms with E-state index in [1.54, 1.807) is 6.92 Å². The predicted molar refractivity (Wildman–Crippen MR) is 83.5 cm³/mol. The number of unbranched alkanes of at least 4 members (excludes halogenated alkanes) is 1. The number of hydrogen-bond acceptors (Lipinski definition) is 4. The lowest BCUT2D eigenvalue weighted by molar-refractivity contribution is -0.187. The van der Waals surface area contributed by atoms with E-state index < -0.39 is 35.5 Å². The zero-order valence-corrected chi connectivity index (χ0v) is 14.7. The number of likely N-dealkylation sites (tertiary alicyclic amines) is 1. The number of esters is 1. The first kappa shape index (κ1) is 21.2. The summed E-state index contributed by atoms with van der Waals surface area (Å²) in [4.78, 5) is 36.6. The van der Waals surface area contributed by atoms with Crippen molar-refractivity contribution >= 4 is 17.8 Å². The quantitative estimate of drug-likeness (QED) is 0.553. The monoisotopic (exact) mass is 366 g/mol. The van der Waals surface area contributed by atoms with Crippen molar-refractivity contribution in [3.05, 3.63) is 0 Å². The number of carbonyl (C=O) groups is 3. The van der Waals surface area contributed by atoms with Crippen molar-refractivity contribution in [1.29, 1.82) is 0 Å². The first-order valence-corrected chi connectivity index (χ1v) is 8.43. The van der Waals surface area contributed by atoms with Crippen LogP contribution in [-0.4, -0.2) is 53.6 Å². The standard InChI is InChI=1S/C16H25F3N2O4/c1-4-6-10-25-14(24)15(3,5-2)20-12(22)11-8-7-9-21(11)13(23)16(17,18)19/h11H,4-10H2,1-3H3,(H,20,22)/t11-,15-/m0/s1. The van der Waals surface area contributed by atoms with Gasteiger partial charge < -0.3 is 15.0 Å².